The second kappa shape index (κ2) is 7.44. The van der Waals surface area contributed by atoms with Crippen LogP contribution in [0.15, 0.2) is 4.99 Å². The smallest absolute Gasteiger partial charge is 0.255 e. The van der Waals surface area contributed by atoms with Gasteiger partial charge < -0.3 is 19.5 Å². The molecule has 8 atom stereocenters. The maximum atomic E-state index is 11.0. The summed E-state index contributed by atoms with van der Waals surface area (Å²) in [6.45, 7) is 25.8. The van der Waals surface area contributed by atoms with Gasteiger partial charge in [-0.2, -0.15) is 0 Å². The summed E-state index contributed by atoms with van der Waals surface area (Å²) in [4.78, 5) is 12.3. The predicted molar refractivity (Wildman–Crippen MR) is 117 cm³/mol. The first-order chi connectivity index (χ1) is 13.4. The minimum Gasteiger partial charge on any atom is -0.382 e. The van der Waals surface area contributed by atoms with Gasteiger partial charge in [0.05, 0.1) is 28.3 Å². The van der Waals surface area contributed by atoms with Gasteiger partial charge in [-0.05, 0) is 77.9 Å². The van der Waals surface area contributed by atoms with Gasteiger partial charge in [0.2, 0.25) is 5.54 Å². The van der Waals surface area contributed by atoms with Gasteiger partial charge in [0.1, 0.15) is 5.60 Å². The van der Waals surface area contributed by atoms with Crippen molar-refractivity contribution in [2.24, 2.45) is 22.7 Å². The molecule has 3 rings (SSSR count). The Kier molecular flexibility index (Phi) is 5.74. The second-order valence-electron chi connectivity index (χ2n) is 10.6. The van der Waals surface area contributed by atoms with Crippen LogP contribution in [0.2, 0.25) is 0 Å². The summed E-state index contributed by atoms with van der Waals surface area (Å²) < 4.78 is 6.68. The van der Waals surface area contributed by atoms with Crippen LogP contribution in [0.1, 0.15) is 73.1 Å². The Morgan fingerprint density at radius 2 is 1.76 bits per heavy atom. The zero-order valence-electron chi connectivity index (χ0n) is 18.2. The van der Waals surface area contributed by atoms with Crippen molar-refractivity contribution in [3.63, 3.8) is 0 Å². The lowest BCUT2D eigenvalue weighted by Gasteiger charge is -2.53. The molecule has 158 valence electrons. The molecule has 0 spiro atoms. The Labute approximate surface area is 180 Å². The Hall–Kier alpha value is -1.30. The number of hydrogen-bond acceptors (Lipinski definition) is 4. The van der Waals surface area contributed by atoms with E-state index in [2.05, 4.69) is 26.8 Å². The first-order valence-electron chi connectivity index (χ1n) is 10.7. The minimum absolute atomic E-state index is 0.0371. The van der Waals surface area contributed by atoms with Crippen LogP contribution < -0.4 is 0 Å². The van der Waals surface area contributed by atoms with Gasteiger partial charge in [-0.1, -0.05) is 0 Å². The number of nitrogens with zero attached hydrogens (tertiary/aromatic N) is 3. The van der Waals surface area contributed by atoms with E-state index in [9.17, 15) is 5.11 Å². The van der Waals surface area contributed by atoms with Crippen LogP contribution in [-0.2, 0) is 4.74 Å². The summed E-state index contributed by atoms with van der Waals surface area (Å²) in [5.74, 6) is 0.222. The van der Waals surface area contributed by atoms with Crippen molar-refractivity contribution in [3.05, 3.63) is 22.8 Å². The molecule has 5 nitrogen and oxygen atoms in total. The quantitative estimate of drug-likeness (QED) is 0.403. The normalized spacial score (nSPS) is 47.4. The van der Waals surface area contributed by atoms with Crippen LogP contribution in [0.25, 0.3) is 9.69 Å². The van der Waals surface area contributed by atoms with E-state index < -0.39 is 22.7 Å². The van der Waals surface area contributed by atoms with Crippen LogP contribution in [-0.4, -0.2) is 44.7 Å². The monoisotopic (exact) mass is 415 g/mol. The SMILES string of the molecule is [C-]#[N+][C@@H]1[C@@H]2[C@@H]([C@@]3(C)CC[C@@H](C(C)(C)N=C=S)O3)CC[C@](C)([N+]#[C-])[C@H]2CC[C@@]1(C)O. The molecule has 1 aliphatic heterocycles. The van der Waals surface area contributed by atoms with Gasteiger partial charge in [-0.25, -0.2) is 18.1 Å². The molecule has 1 saturated heterocycles. The van der Waals surface area contributed by atoms with Crippen molar-refractivity contribution in [3.8, 4) is 0 Å². The fraction of sp³-hybridized carbons (Fsp3) is 0.870. The molecule has 0 unspecified atom stereocenters. The molecule has 6 heteroatoms. The molecule has 2 saturated carbocycles. The number of aliphatic hydroxyl groups is 1. The number of hydrogen-bond donors (Lipinski definition) is 1. The fourth-order valence-electron chi connectivity index (χ4n) is 6.37. The summed E-state index contributed by atoms with van der Waals surface area (Å²) in [6, 6.07) is -0.501. The lowest BCUT2D eigenvalue weighted by molar-refractivity contribution is -0.149. The van der Waals surface area contributed by atoms with Gasteiger partial charge in [-0.15, -0.1) is 0 Å². The standard InChI is InChI=1S/C23H33N3O2S/c1-20(2,26-14-29)17-10-13-23(5,28-17)16-8-11-21(3,25-7)15-9-12-22(4,27)19(24-6)18(15)16/h15-19,27H,8-13H2,1-5H3/t15-,16-,17-,18-,19+,21-,22+,23+/m0/s1. The zero-order chi connectivity index (χ0) is 21.7. The number of ether oxygens (including phenoxy) is 1. The van der Waals surface area contributed by atoms with Crippen molar-refractivity contribution < 1.29 is 9.84 Å². The Morgan fingerprint density at radius 3 is 2.34 bits per heavy atom. The number of rotatable bonds is 3. The summed E-state index contributed by atoms with van der Waals surface area (Å²) >= 11 is 4.83. The molecule has 29 heavy (non-hydrogen) atoms. The van der Waals surface area contributed by atoms with Crippen LogP contribution in [0.3, 0.4) is 0 Å². The van der Waals surface area contributed by atoms with Crippen LogP contribution in [0, 0.1) is 30.9 Å². The summed E-state index contributed by atoms with van der Waals surface area (Å²) in [5.41, 5.74) is -2.30. The Morgan fingerprint density at radius 1 is 1.10 bits per heavy atom. The average Bonchev–Trinajstić information content (AvgIpc) is 3.05. The van der Waals surface area contributed by atoms with E-state index in [0.717, 1.165) is 32.1 Å². The molecule has 0 amide bonds. The van der Waals surface area contributed by atoms with E-state index in [1.54, 1.807) is 6.92 Å². The average molecular weight is 416 g/mol. The molecule has 3 aliphatic rings. The highest BCUT2D eigenvalue weighted by Crippen LogP contribution is 2.58. The lowest BCUT2D eigenvalue weighted by atomic mass is 9.51. The third-order valence-corrected chi connectivity index (χ3v) is 8.36. The summed E-state index contributed by atoms with van der Waals surface area (Å²) in [5, 5.41) is 13.5. The molecule has 0 aromatic rings. The second-order valence-corrected chi connectivity index (χ2v) is 10.8. The van der Waals surface area contributed by atoms with Crippen molar-refractivity contribution in [2.45, 2.75) is 108 Å². The minimum atomic E-state index is -1.02. The highest BCUT2D eigenvalue weighted by atomic mass is 32.1. The largest absolute Gasteiger partial charge is 0.382 e. The van der Waals surface area contributed by atoms with Crippen LogP contribution >= 0.6 is 12.2 Å². The number of fused-ring (bicyclic) bond motifs is 1. The maximum Gasteiger partial charge on any atom is 0.255 e. The number of aliphatic imine (C=N–C) groups is 1. The van der Waals surface area contributed by atoms with Gasteiger partial charge in [0, 0.05) is 19.3 Å². The van der Waals surface area contributed by atoms with Gasteiger partial charge in [-0.3, -0.25) is 0 Å². The third kappa shape index (κ3) is 3.66. The molecular formula is C23H33N3O2S. The lowest BCUT2D eigenvalue weighted by Crippen LogP contribution is -2.61. The molecule has 1 N–H and O–H groups in total. The van der Waals surface area contributed by atoms with Crippen molar-refractivity contribution in [1.29, 1.82) is 0 Å². The summed E-state index contributed by atoms with van der Waals surface area (Å²) in [7, 11) is 0. The Bertz CT molecular complexity index is 791. The number of isothiocyanates is 1. The van der Waals surface area contributed by atoms with E-state index >= 15 is 0 Å². The fourth-order valence-corrected chi connectivity index (χ4v) is 6.61. The molecule has 0 aromatic heterocycles. The molecular weight excluding hydrogens is 382 g/mol. The maximum absolute atomic E-state index is 11.0. The van der Waals surface area contributed by atoms with Gasteiger partial charge in [0.15, 0.2) is 0 Å². The van der Waals surface area contributed by atoms with Gasteiger partial charge in [0.25, 0.3) is 6.04 Å². The van der Waals surface area contributed by atoms with Crippen molar-refractivity contribution >= 4 is 17.4 Å². The molecule has 0 radical (unpaired) electrons. The first kappa shape index (κ1) is 22.4. The van der Waals surface area contributed by atoms with E-state index in [1.807, 2.05) is 20.8 Å². The molecule has 3 fully saturated rings. The summed E-state index contributed by atoms with van der Waals surface area (Å²) in [6.07, 6.45) is 4.77. The highest BCUT2D eigenvalue weighted by molar-refractivity contribution is 7.78. The van der Waals surface area contributed by atoms with Crippen molar-refractivity contribution in [2.75, 3.05) is 0 Å². The first-order valence-corrected chi connectivity index (χ1v) is 11.1. The third-order valence-electron chi connectivity index (χ3n) is 8.27. The van der Waals surface area contributed by atoms with Crippen molar-refractivity contribution in [1.82, 2.24) is 0 Å². The number of thiocarbonyl (C=S) groups is 1. The Balaban J connectivity index is 1.98. The molecule has 1 heterocycles. The van der Waals surface area contributed by atoms with Gasteiger partial charge >= 0.3 is 0 Å². The molecule has 0 aromatic carbocycles. The van der Waals surface area contributed by atoms with E-state index in [4.69, 9.17) is 30.1 Å². The molecule has 0 bridgehead atoms. The predicted octanol–water partition coefficient (Wildman–Crippen LogP) is 4.96. The zero-order valence-corrected chi connectivity index (χ0v) is 19.1. The highest BCUT2D eigenvalue weighted by Gasteiger charge is 2.66. The van der Waals surface area contributed by atoms with E-state index in [-0.39, 0.29) is 29.5 Å². The van der Waals surface area contributed by atoms with Crippen LogP contribution in [0.5, 0.6) is 0 Å². The van der Waals surface area contributed by atoms with E-state index in [0.29, 0.717) is 6.42 Å². The topological polar surface area (TPSA) is 50.5 Å². The van der Waals surface area contributed by atoms with Crippen LogP contribution in [0.4, 0.5) is 0 Å². The van der Waals surface area contributed by atoms with E-state index in [1.165, 1.54) is 0 Å². The molecule has 2 aliphatic carbocycles.